The lowest BCUT2D eigenvalue weighted by Crippen LogP contribution is -2.39. The van der Waals surface area contributed by atoms with Crippen LogP contribution in [0.2, 0.25) is 0 Å². The molecule has 1 aromatic carbocycles. The average Bonchev–Trinajstić information content (AvgIpc) is 3.14. The van der Waals surface area contributed by atoms with Crippen molar-refractivity contribution in [3.8, 4) is 11.4 Å². The van der Waals surface area contributed by atoms with Crippen LogP contribution < -0.4 is 5.56 Å². The van der Waals surface area contributed by atoms with E-state index in [9.17, 15) is 9.59 Å². The van der Waals surface area contributed by atoms with Crippen LogP contribution in [-0.2, 0) is 11.2 Å². The molecule has 0 bridgehead atoms. The first-order valence-corrected chi connectivity index (χ1v) is 9.74. The predicted molar refractivity (Wildman–Crippen MR) is 106 cm³/mol. The van der Waals surface area contributed by atoms with Crippen LogP contribution in [0.1, 0.15) is 37.6 Å². The summed E-state index contributed by atoms with van der Waals surface area (Å²) in [5.41, 5.74) is 1.95. The molecule has 1 saturated heterocycles. The molecule has 0 aliphatic carbocycles. The highest BCUT2D eigenvalue weighted by molar-refractivity contribution is 5.82. The van der Waals surface area contributed by atoms with Crippen LogP contribution in [0.4, 0.5) is 0 Å². The van der Waals surface area contributed by atoms with E-state index >= 15 is 0 Å². The van der Waals surface area contributed by atoms with Crippen molar-refractivity contribution < 1.29 is 9.32 Å². The molecule has 1 amide bonds. The standard InChI is InChI=1S/C21H24N4O3/c1-13-5-6-15-11-16(21(27)22-17(15)10-13)20-23-18(28-24-20)7-8-19(26)25-9-3-4-14(2)12-25/h5-6,10-11,14H,3-4,7-9,12H2,1-2H3,(H,22,27)/t14-/m1/s1. The first-order chi connectivity index (χ1) is 13.5. The van der Waals surface area contributed by atoms with E-state index in [-0.39, 0.29) is 17.3 Å². The second-order valence-electron chi connectivity index (χ2n) is 7.70. The Bertz CT molecular complexity index is 1070. The normalized spacial score (nSPS) is 17.2. The van der Waals surface area contributed by atoms with E-state index in [1.165, 1.54) is 6.42 Å². The second-order valence-corrected chi connectivity index (χ2v) is 7.70. The molecule has 4 rings (SSSR count). The minimum Gasteiger partial charge on any atom is -0.342 e. The lowest BCUT2D eigenvalue weighted by Gasteiger charge is -2.30. The third-order valence-electron chi connectivity index (χ3n) is 5.27. The summed E-state index contributed by atoms with van der Waals surface area (Å²) in [5, 5.41) is 4.85. The Kier molecular flexibility index (Phi) is 4.98. The van der Waals surface area contributed by atoms with Crippen LogP contribution in [0, 0.1) is 12.8 Å². The number of aryl methyl sites for hydroxylation is 2. The Balaban J connectivity index is 1.48. The van der Waals surface area contributed by atoms with Gasteiger partial charge >= 0.3 is 0 Å². The quantitative estimate of drug-likeness (QED) is 0.751. The molecule has 1 aliphatic rings. The smallest absolute Gasteiger partial charge is 0.259 e. The van der Waals surface area contributed by atoms with Crippen LogP contribution in [0.3, 0.4) is 0 Å². The number of carbonyl (C=O) groups excluding carboxylic acids is 1. The Morgan fingerprint density at radius 3 is 3.04 bits per heavy atom. The van der Waals surface area contributed by atoms with Crippen molar-refractivity contribution in [3.05, 3.63) is 46.1 Å². The van der Waals surface area contributed by atoms with E-state index < -0.39 is 0 Å². The number of benzene rings is 1. The van der Waals surface area contributed by atoms with E-state index in [4.69, 9.17) is 4.52 Å². The monoisotopic (exact) mass is 380 g/mol. The van der Waals surface area contributed by atoms with Crippen molar-refractivity contribution in [3.63, 3.8) is 0 Å². The first kappa shape index (κ1) is 18.4. The second kappa shape index (κ2) is 7.58. The number of H-pyrrole nitrogens is 1. The van der Waals surface area contributed by atoms with E-state index in [0.717, 1.165) is 36.0 Å². The Labute approximate surface area is 162 Å². The molecule has 0 saturated carbocycles. The fourth-order valence-electron chi connectivity index (χ4n) is 3.73. The summed E-state index contributed by atoms with van der Waals surface area (Å²) in [6.07, 6.45) is 2.95. The molecule has 0 spiro atoms. The van der Waals surface area contributed by atoms with Gasteiger partial charge in [0.1, 0.15) is 0 Å². The Hall–Kier alpha value is -2.96. The number of amides is 1. The van der Waals surface area contributed by atoms with Crippen molar-refractivity contribution >= 4 is 16.8 Å². The maximum absolute atomic E-state index is 12.4. The first-order valence-electron chi connectivity index (χ1n) is 9.74. The number of likely N-dealkylation sites (tertiary alicyclic amines) is 1. The van der Waals surface area contributed by atoms with Gasteiger partial charge in [0, 0.05) is 31.4 Å². The summed E-state index contributed by atoms with van der Waals surface area (Å²) < 4.78 is 5.28. The number of aromatic nitrogens is 3. The van der Waals surface area contributed by atoms with Crippen molar-refractivity contribution in [2.45, 2.75) is 39.5 Å². The third kappa shape index (κ3) is 3.83. The fourth-order valence-corrected chi connectivity index (χ4v) is 3.73. The van der Waals surface area contributed by atoms with E-state index in [2.05, 4.69) is 22.0 Å². The largest absolute Gasteiger partial charge is 0.342 e. The topological polar surface area (TPSA) is 92.1 Å². The molecular weight excluding hydrogens is 356 g/mol. The molecule has 1 atom stereocenters. The number of fused-ring (bicyclic) bond motifs is 1. The van der Waals surface area contributed by atoms with Crippen molar-refractivity contribution in [1.29, 1.82) is 0 Å². The van der Waals surface area contributed by atoms with Gasteiger partial charge in [0.25, 0.3) is 5.56 Å². The van der Waals surface area contributed by atoms with Gasteiger partial charge in [-0.1, -0.05) is 24.2 Å². The molecule has 2 aromatic heterocycles. The minimum atomic E-state index is -0.260. The highest BCUT2D eigenvalue weighted by atomic mass is 16.5. The number of piperidine rings is 1. The maximum atomic E-state index is 12.4. The molecule has 3 aromatic rings. The zero-order valence-electron chi connectivity index (χ0n) is 16.2. The molecule has 0 unspecified atom stereocenters. The molecule has 7 heteroatoms. The number of rotatable bonds is 4. The summed E-state index contributed by atoms with van der Waals surface area (Å²) in [6, 6.07) is 7.63. The minimum absolute atomic E-state index is 0.116. The van der Waals surface area contributed by atoms with Gasteiger partial charge in [0.05, 0.1) is 5.56 Å². The Morgan fingerprint density at radius 1 is 1.36 bits per heavy atom. The number of pyridine rings is 1. The van der Waals surface area contributed by atoms with Crippen LogP contribution >= 0.6 is 0 Å². The highest BCUT2D eigenvalue weighted by Gasteiger charge is 2.21. The molecule has 3 heterocycles. The Morgan fingerprint density at radius 2 is 2.21 bits per heavy atom. The van der Waals surface area contributed by atoms with Crippen molar-refractivity contribution in [1.82, 2.24) is 20.0 Å². The lowest BCUT2D eigenvalue weighted by atomic mass is 10.00. The fraction of sp³-hybridized carbons (Fsp3) is 0.429. The molecule has 1 fully saturated rings. The van der Waals surface area contributed by atoms with E-state index in [0.29, 0.717) is 30.2 Å². The average molecular weight is 380 g/mol. The number of nitrogens with one attached hydrogen (secondary N) is 1. The zero-order chi connectivity index (χ0) is 19.7. The van der Waals surface area contributed by atoms with Gasteiger partial charge in [0.15, 0.2) is 0 Å². The van der Waals surface area contributed by atoms with Gasteiger partial charge in [-0.25, -0.2) is 0 Å². The van der Waals surface area contributed by atoms with Crippen LogP contribution in [0.5, 0.6) is 0 Å². The number of aromatic amines is 1. The van der Waals surface area contributed by atoms with Crippen LogP contribution in [-0.4, -0.2) is 39.0 Å². The summed E-state index contributed by atoms with van der Waals surface area (Å²) in [7, 11) is 0. The molecular formula is C21H24N4O3. The van der Waals surface area contributed by atoms with Gasteiger partial charge in [0.2, 0.25) is 17.6 Å². The summed E-state index contributed by atoms with van der Waals surface area (Å²) in [4.78, 5) is 33.9. The molecule has 146 valence electrons. The number of nitrogens with zero attached hydrogens (tertiary/aromatic N) is 3. The zero-order valence-corrected chi connectivity index (χ0v) is 16.2. The number of carbonyl (C=O) groups is 1. The van der Waals surface area contributed by atoms with Crippen molar-refractivity contribution in [2.75, 3.05) is 13.1 Å². The van der Waals surface area contributed by atoms with Crippen LogP contribution in [0.25, 0.3) is 22.3 Å². The number of hydrogen-bond donors (Lipinski definition) is 1. The van der Waals surface area contributed by atoms with E-state index in [1.807, 2.05) is 30.0 Å². The van der Waals surface area contributed by atoms with Gasteiger partial charge in [-0.2, -0.15) is 4.98 Å². The number of hydrogen-bond acceptors (Lipinski definition) is 5. The highest BCUT2D eigenvalue weighted by Crippen LogP contribution is 2.20. The summed E-state index contributed by atoms with van der Waals surface area (Å²) >= 11 is 0. The molecule has 7 nitrogen and oxygen atoms in total. The van der Waals surface area contributed by atoms with Gasteiger partial charge in [-0.3, -0.25) is 9.59 Å². The van der Waals surface area contributed by atoms with Gasteiger partial charge < -0.3 is 14.4 Å². The maximum Gasteiger partial charge on any atom is 0.259 e. The molecule has 1 N–H and O–H groups in total. The SMILES string of the molecule is Cc1ccc2cc(-c3noc(CCC(=O)N4CCC[C@@H](C)C4)n3)c(=O)[nH]c2c1. The summed E-state index contributed by atoms with van der Waals surface area (Å²) in [6.45, 7) is 5.79. The van der Waals surface area contributed by atoms with Crippen LogP contribution in [0.15, 0.2) is 33.6 Å². The van der Waals surface area contributed by atoms with Gasteiger partial charge in [-0.15, -0.1) is 0 Å². The molecule has 1 aliphatic heterocycles. The molecule has 0 radical (unpaired) electrons. The van der Waals surface area contributed by atoms with Gasteiger partial charge in [-0.05, 0) is 48.8 Å². The lowest BCUT2D eigenvalue weighted by molar-refractivity contribution is -0.132. The third-order valence-corrected chi connectivity index (χ3v) is 5.27. The summed E-state index contributed by atoms with van der Waals surface area (Å²) in [5.74, 6) is 1.29. The van der Waals surface area contributed by atoms with E-state index in [1.54, 1.807) is 6.07 Å². The predicted octanol–water partition coefficient (Wildman–Crippen LogP) is 3.08. The molecule has 28 heavy (non-hydrogen) atoms. The van der Waals surface area contributed by atoms with Crippen molar-refractivity contribution in [2.24, 2.45) is 5.92 Å².